The predicted octanol–water partition coefficient (Wildman–Crippen LogP) is 5.61. The van der Waals surface area contributed by atoms with E-state index in [1.807, 2.05) is 97.9 Å². The highest BCUT2D eigenvalue weighted by atomic mass is 16.5. The first-order valence-electron chi connectivity index (χ1n) is 14.2. The fraction of sp³-hybridized carbons (Fsp3) is 0.229. The third-order valence-electron chi connectivity index (χ3n) is 6.81. The lowest BCUT2D eigenvalue weighted by Gasteiger charge is -2.18. The zero-order chi connectivity index (χ0) is 30.4. The molecule has 0 aliphatic carbocycles. The smallest absolute Gasteiger partial charge is 0.326 e. The maximum atomic E-state index is 12.6. The summed E-state index contributed by atoms with van der Waals surface area (Å²) in [7, 11) is 0. The van der Waals surface area contributed by atoms with E-state index in [9.17, 15) is 19.5 Å². The summed E-state index contributed by atoms with van der Waals surface area (Å²) in [6.45, 7) is 2.51. The Hall–Kier alpha value is -5.11. The molecule has 0 unspecified atom stereocenters. The van der Waals surface area contributed by atoms with E-state index in [4.69, 9.17) is 9.47 Å². The van der Waals surface area contributed by atoms with Gasteiger partial charge in [-0.05, 0) is 41.3 Å². The van der Waals surface area contributed by atoms with Gasteiger partial charge in [-0.3, -0.25) is 9.59 Å². The second kappa shape index (κ2) is 15.8. The van der Waals surface area contributed by atoms with Crippen LogP contribution in [0, 0.1) is 0 Å². The Balaban J connectivity index is 1.37. The van der Waals surface area contributed by atoms with Crippen LogP contribution in [0.1, 0.15) is 48.1 Å². The predicted molar refractivity (Wildman–Crippen MR) is 163 cm³/mol. The van der Waals surface area contributed by atoms with Gasteiger partial charge in [0, 0.05) is 19.3 Å². The summed E-state index contributed by atoms with van der Waals surface area (Å²) in [5.74, 6) is -0.984. The molecule has 0 aromatic heterocycles. The van der Waals surface area contributed by atoms with E-state index in [-0.39, 0.29) is 31.2 Å². The molecule has 0 saturated carbocycles. The molecule has 3 N–H and O–H groups in total. The van der Waals surface area contributed by atoms with E-state index in [1.165, 1.54) is 0 Å². The molecule has 4 aromatic rings. The molecule has 2 amide bonds. The molecule has 8 nitrogen and oxygen atoms in total. The highest BCUT2D eigenvalue weighted by molar-refractivity contribution is 5.87. The molecular weight excluding hydrogens is 544 g/mol. The normalized spacial score (nSPS) is 12.0. The first-order valence-corrected chi connectivity index (χ1v) is 14.2. The van der Waals surface area contributed by atoms with Gasteiger partial charge in [0.2, 0.25) is 11.8 Å². The zero-order valence-electron chi connectivity index (χ0n) is 24.1. The van der Waals surface area contributed by atoms with Gasteiger partial charge in [-0.25, -0.2) is 4.79 Å². The van der Waals surface area contributed by atoms with Crippen molar-refractivity contribution < 1.29 is 29.0 Å². The highest BCUT2D eigenvalue weighted by Gasteiger charge is 2.22. The van der Waals surface area contributed by atoms with Gasteiger partial charge in [-0.15, -0.1) is 0 Å². The lowest BCUT2D eigenvalue weighted by molar-refractivity contribution is -0.141. The standard InChI is InChI=1S/C35H36N2O6/c1-25(29-15-9-4-10-16-29)36-33(38)19-20-34(39)37-30(35(40)41)21-28-17-18-31(42-23-26-11-5-2-6-12-26)32(22-28)43-24-27-13-7-3-8-14-27/h2-18,22,25,30H,19-21,23-24H2,1H3,(H,36,38)(H,37,39)(H,40,41)/t25-,30-/m1/s1. The maximum Gasteiger partial charge on any atom is 0.326 e. The number of nitrogens with one attached hydrogen (secondary N) is 2. The molecule has 0 spiro atoms. The quantitative estimate of drug-likeness (QED) is 0.168. The SMILES string of the molecule is C[C@@H](NC(=O)CCC(=O)N[C@H](Cc1ccc(OCc2ccccc2)c(OCc2ccccc2)c1)C(=O)O)c1ccccc1. The minimum atomic E-state index is -1.18. The number of carboxylic acids is 1. The van der Waals surface area contributed by atoms with Crippen molar-refractivity contribution >= 4 is 17.8 Å². The first kappa shape index (κ1) is 30.8. The van der Waals surface area contributed by atoms with Gasteiger partial charge in [0.05, 0.1) is 6.04 Å². The number of amides is 2. The molecule has 0 saturated heterocycles. The largest absolute Gasteiger partial charge is 0.485 e. The minimum absolute atomic E-state index is 0.0268. The van der Waals surface area contributed by atoms with Crippen molar-refractivity contribution in [3.05, 3.63) is 131 Å². The first-order chi connectivity index (χ1) is 20.9. The Bertz CT molecular complexity index is 1480. The van der Waals surface area contributed by atoms with Gasteiger partial charge >= 0.3 is 5.97 Å². The van der Waals surface area contributed by atoms with Crippen molar-refractivity contribution in [2.75, 3.05) is 0 Å². The summed E-state index contributed by atoms with van der Waals surface area (Å²) in [5.41, 5.74) is 3.57. The number of ether oxygens (including phenoxy) is 2. The van der Waals surface area contributed by atoms with Crippen LogP contribution < -0.4 is 20.1 Å². The van der Waals surface area contributed by atoms with Gasteiger partial charge < -0.3 is 25.2 Å². The summed E-state index contributed by atoms with van der Waals surface area (Å²) in [6, 6.07) is 32.8. The average Bonchev–Trinajstić information content (AvgIpc) is 3.03. The molecule has 0 aliphatic heterocycles. The Morgan fingerprint density at radius 3 is 1.72 bits per heavy atom. The molecule has 222 valence electrons. The lowest BCUT2D eigenvalue weighted by atomic mass is 10.0. The minimum Gasteiger partial charge on any atom is -0.485 e. The van der Waals surface area contributed by atoms with Gasteiger partial charge in [0.25, 0.3) is 0 Å². The summed E-state index contributed by atoms with van der Waals surface area (Å²) in [6.07, 6.45) is -0.159. The molecule has 4 rings (SSSR count). The second-order valence-corrected chi connectivity index (χ2v) is 10.2. The van der Waals surface area contributed by atoms with E-state index >= 15 is 0 Å². The number of rotatable bonds is 15. The van der Waals surface area contributed by atoms with Crippen LogP contribution in [-0.2, 0) is 34.0 Å². The Morgan fingerprint density at radius 2 is 1.16 bits per heavy atom. The number of hydrogen-bond acceptors (Lipinski definition) is 5. The van der Waals surface area contributed by atoms with E-state index in [0.717, 1.165) is 16.7 Å². The fourth-order valence-corrected chi connectivity index (χ4v) is 4.45. The number of carboxylic acid groups (broad SMARTS) is 1. The van der Waals surface area contributed by atoms with Crippen LogP contribution in [0.4, 0.5) is 0 Å². The molecule has 0 radical (unpaired) electrons. The highest BCUT2D eigenvalue weighted by Crippen LogP contribution is 2.30. The van der Waals surface area contributed by atoms with Crippen molar-refractivity contribution in [2.45, 2.75) is 51.5 Å². The molecule has 0 aliphatic rings. The zero-order valence-corrected chi connectivity index (χ0v) is 24.1. The van der Waals surface area contributed by atoms with Crippen molar-refractivity contribution in [1.29, 1.82) is 0 Å². The van der Waals surface area contributed by atoms with Crippen LogP contribution in [0.15, 0.2) is 109 Å². The Kier molecular flexibility index (Phi) is 11.3. The van der Waals surface area contributed by atoms with Gasteiger partial charge in [0.15, 0.2) is 11.5 Å². The molecule has 0 fully saturated rings. The second-order valence-electron chi connectivity index (χ2n) is 10.2. The topological polar surface area (TPSA) is 114 Å². The van der Waals surface area contributed by atoms with Crippen molar-refractivity contribution in [1.82, 2.24) is 10.6 Å². The summed E-state index contributed by atoms with van der Waals surface area (Å²) in [5, 5.41) is 15.3. The van der Waals surface area contributed by atoms with Crippen molar-refractivity contribution in [2.24, 2.45) is 0 Å². The number of hydrogen-bond donors (Lipinski definition) is 3. The fourth-order valence-electron chi connectivity index (χ4n) is 4.45. The van der Waals surface area contributed by atoms with E-state index in [1.54, 1.807) is 18.2 Å². The lowest BCUT2D eigenvalue weighted by Crippen LogP contribution is -2.42. The monoisotopic (exact) mass is 580 g/mol. The van der Waals surface area contributed by atoms with E-state index < -0.39 is 17.9 Å². The van der Waals surface area contributed by atoms with Crippen molar-refractivity contribution in [3.63, 3.8) is 0 Å². The third-order valence-corrected chi connectivity index (χ3v) is 6.81. The molecule has 0 bridgehead atoms. The van der Waals surface area contributed by atoms with Crippen LogP contribution >= 0.6 is 0 Å². The van der Waals surface area contributed by atoms with Gasteiger partial charge in [-0.2, -0.15) is 0 Å². The maximum absolute atomic E-state index is 12.6. The summed E-state index contributed by atoms with van der Waals surface area (Å²) >= 11 is 0. The number of aliphatic carboxylic acids is 1. The van der Waals surface area contributed by atoms with Gasteiger partial charge in [-0.1, -0.05) is 97.1 Å². The van der Waals surface area contributed by atoms with E-state index in [0.29, 0.717) is 30.3 Å². The third kappa shape index (κ3) is 10.0. The van der Waals surface area contributed by atoms with Crippen LogP contribution in [0.2, 0.25) is 0 Å². The molecule has 8 heteroatoms. The number of benzene rings is 4. The molecule has 2 atom stereocenters. The van der Waals surface area contributed by atoms with Crippen LogP contribution in [-0.4, -0.2) is 28.9 Å². The molecular formula is C35H36N2O6. The Morgan fingerprint density at radius 1 is 0.651 bits per heavy atom. The average molecular weight is 581 g/mol. The van der Waals surface area contributed by atoms with Gasteiger partial charge in [0.1, 0.15) is 19.3 Å². The number of carbonyl (C=O) groups is 3. The summed E-state index contributed by atoms with van der Waals surface area (Å²) < 4.78 is 12.1. The summed E-state index contributed by atoms with van der Waals surface area (Å²) in [4.78, 5) is 37.0. The van der Waals surface area contributed by atoms with Crippen LogP contribution in [0.5, 0.6) is 11.5 Å². The van der Waals surface area contributed by atoms with Crippen LogP contribution in [0.25, 0.3) is 0 Å². The molecule has 43 heavy (non-hydrogen) atoms. The molecule has 4 aromatic carbocycles. The van der Waals surface area contributed by atoms with E-state index in [2.05, 4.69) is 10.6 Å². The van der Waals surface area contributed by atoms with Crippen LogP contribution in [0.3, 0.4) is 0 Å². The Labute approximate surface area is 251 Å². The number of carbonyl (C=O) groups excluding carboxylic acids is 2. The van der Waals surface area contributed by atoms with Crippen molar-refractivity contribution in [3.8, 4) is 11.5 Å². The molecule has 0 heterocycles.